The Morgan fingerprint density at radius 2 is 1.71 bits per heavy atom. The second kappa shape index (κ2) is 12.4. The van der Waals surface area contributed by atoms with E-state index in [0.29, 0.717) is 5.69 Å². The van der Waals surface area contributed by atoms with E-state index in [-0.39, 0.29) is 18.0 Å². The third-order valence-electron chi connectivity index (χ3n) is 6.98. The molecule has 2 aliphatic rings. The number of pyridine rings is 2. The molecule has 3 aromatic rings. The Kier molecular flexibility index (Phi) is 8.98. The van der Waals surface area contributed by atoms with E-state index in [1.807, 2.05) is 42.7 Å². The molecule has 0 spiro atoms. The van der Waals surface area contributed by atoms with Gasteiger partial charge in [-0.2, -0.15) is 13.2 Å². The molecule has 0 bridgehead atoms. The number of imidazole rings is 1. The highest BCUT2D eigenvalue weighted by molar-refractivity contribution is 5.99. The van der Waals surface area contributed by atoms with Crippen LogP contribution in [0.3, 0.4) is 0 Å². The van der Waals surface area contributed by atoms with Crippen LogP contribution in [-0.4, -0.2) is 55.0 Å². The molecule has 0 radical (unpaired) electrons. The summed E-state index contributed by atoms with van der Waals surface area (Å²) in [6.45, 7) is 1.82. The van der Waals surface area contributed by atoms with E-state index in [1.54, 1.807) is 0 Å². The van der Waals surface area contributed by atoms with E-state index in [4.69, 9.17) is 14.9 Å². The van der Waals surface area contributed by atoms with Crippen LogP contribution in [0.25, 0.3) is 5.52 Å². The Bertz CT molecular complexity index is 1220. The fourth-order valence-corrected chi connectivity index (χ4v) is 5.15. The Morgan fingerprint density at radius 3 is 2.37 bits per heavy atom. The first-order chi connectivity index (χ1) is 18.2. The Hall–Kier alpha value is -3.47. The normalized spacial score (nSPS) is 19.0. The molecule has 1 amide bonds. The summed E-state index contributed by atoms with van der Waals surface area (Å²) in [7, 11) is 0. The molecular formula is C27H32F3N5O3. The number of carboxylic acid groups (broad SMARTS) is 1. The van der Waals surface area contributed by atoms with Gasteiger partial charge in [-0.3, -0.25) is 14.7 Å². The summed E-state index contributed by atoms with van der Waals surface area (Å²) in [4.78, 5) is 34.0. The third kappa shape index (κ3) is 6.89. The van der Waals surface area contributed by atoms with Crippen molar-refractivity contribution >= 4 is 17.4 Å². The van der Waals surface area contributed by atoms with Crippen molar-refractivity contribution in [3.8, 4) is 0 Å². The minimum atomic E-state index is -5.08. The number of aliphatic carboxylic acids is 1. The van der Waals surface area contributed by atoms with Crippen molar-refractivity contribution in [3.05, 3.63) is 66.0 Å². The van der Waals surface area contributed by atoms with Crippen LogP contribution >= 0.6 is 0 Å². The van der Waals surface area contributed by atoms with E-state index in [0.717, 1.165) is 55.8 Å². The molecule has 38 heavy (non-hydrogen) atoms. The van der Waals surface area contributed by atoms with Gasteiger partial charge in [0, 0.05) is 25.0 Å². The number of nitrogens with zero attached hydrogens (tertiary/aromatic N) is 4. The molecule has 1 aliphatic carbocycles. The molecule has 1 saturated heterocycles. The number of alkyl halides is 3. The zero-order chi connectivity index (χ0) is 27.1. The lowest BCUT2D eigenvalue weighted by Crippen LogP contribution is -2.34. The van der Waals surface area contributed by atoms with Gasteiger partial charge in [0.1, 0.15) is 5.82 Å². The van der Waals surface area contributed by atoms with Gasteiger partial charge < -0.3 is 14.8 Å². The molecule has 1 aliphatic heterocycles. The molecule has 3 aromatic heterocycles. The maximum Gasteiger partial charge on any atom is 0.490 e. The third-order valence-corrected chi connectivity index (χ3v) is 6.98. The standard InChI is InChI=1S/C25H31N5O.C2HF3O2/c31-25(27-19-10-3-1-2-4-11-19)23-21-13-6-8-17-30(21)24(28-23)22-14-9-16-29(22)18-20-12-5-7-15-26-20;3-2(4,5)1(6)7/h5-8,12-13,15,17,19,22H,1-4,9-11,14,16,18H2,(H,27,31);(H,6,7). The molecule has 4 heterocycles. The average molecular weight is 532 g/mol. The number of carbonyl (C=O) groups excluding carboxylic acids is 1. The molecular weight excluding hydrogens is 499 g/mol. The zero-order valence-corrected chi connectivity index (χ0v) is 21.0. The van der Waals surface area contributed by atoms with Crippen LogP contribution in [0.5, 0.6) is 0 Å². The Morgan fingerprint density at radius 1 is 1.00 bits per heavy atom. The first-order valence-electron chi connectivity index (χ1n) is 13.0. The molecule has 204 valence electrons. The first kappa shape index (κ1) is 27.6. The number of fused-ring (bicyclic) bond motifs is 1. The lowest BCUT2D eigenvalue weighted by Gasteiger charge is -2.23. The number of carboxylic acids is 1. The minimum Gasteiger partial charge on any atom is -0.475 e. The second-order valence-electron chi connectivity index (χ2n) is 9.69. The van der Waals surface area contributed by atoms with Crippen LogP contribution in [0.15, 0.2) is 48.8 Å². The van der Waals surface area contributed by atoms with Gasteiger partial charge in [-0.05, 0) is 56.5 Å². The predicted octanol–water partition coefficient (Wildman–Crippen LogP) is 5.15. The number of halogens is 3. The molecule has 1 atom stereocenters. The SMILES string of the molecule is O=C(NC1CCCCCC1)c1nc(C2CCCN2Cc2ccccn2)n2ccccc12.O=C(O)C(F)(F)F. The minimum absolute atomic E-state index is 0.0314. The van der Waals surface area contributed by atoms with Gasteiger partial charge >= 0.3 is 12.1 Å². The number of hydrogen-bond donors (Lipinski definition) is 2. The fourth-order valence-electron chi connectivity index (χ4n) is 5.15. The van der Waals surface area contributed by atoms with Gasteiger partial charge in [-0.1, -0.05) is 37.8 Å². The zero-order valence-electron chi connectivity index (χ0n) is 21.0. The van der Waals surface area contributed by atoms with Crippen LogP contribution in [0.1, 0.15) is 79.4 Å². The van der Waals surface area contributed by atoms with E-state index in [2.05, 4.69) is 25.7 Å². The average Bonchev–Trinajstić information content (AvgIpc) is 3.41. The molecule has 2 N–H and O–H groups in total. The van der Waals surface area contributed by atoms with Gasteiger partial charge in [-0.15, -0.1) is 0 Å². The van der Waals surface area contributed by atoms with Gasteiger partial charge in [-0.25, -0.2) is 9.78 Å². The number of aromatic nitrogens is 3. The molecule has 1 unspecified atom stereocenters. The maximum atomic E-state index is 13.2. The van der Waals surface area contributed by atoms with E-state index >= 15 is 0 Å². The summed E-state index contributed by atoms with van der Waals surface area (Å²) in [5.41, 5.74) is 2.53. The molecule has 5 rings (SSSR count). The Balaban J connectivity index is 0.000000426. The van der Waals surface area contributed by atoms with E-state index in [1.165, 1.54) is 25.7 Å². The summed E-state index contributed by atoms with van der Waals surface area (Å²) < 4.78 is 33.9. The van der Waals surface area contributed by atoms with Crippen molar-refractivity contribution in [3.63, 3.8) is 0 Å². The van der Waals surface area contributed by atoms with Crippen molar-refractivity contribution < 1.29 is 27.9 Å². The smallest absolute Gasteiger partial charge is 0.475 e. The Labute approximate surface area is 218 Å². The largest absolute Gasteiger partial charge is 0.490 e. The highest BCUT2D eigenvalue weighted by atomic mass is 19.4. The fraction of sp³-hybridized carbons (Fsp3) is 0.481. The van der Waals surface area contributed by atoms with Crippen molar-refractivity contribution in [2.45, 2.75) is 76.2 Å². The summed E-state index contributed by atoms with van der Waals surface area (Å²) in [6.07, 6.45) is 8.08. The molecule has 2 fully saturated rings. The molecule has 0 aromatic carbocycles. The summed E-state index contributed by atoms with van der Waals surface area (Å²) >= 11 is 0. The number of hydrogen-bond acceptors (Lipinski definition) is 5. The van der Waals surface area contributed by atoms with Crippen LogP contribution in [-0.2, 0) is 11.3 Å². The van der Waals surface area contributed by atoms with Crippen LogP contribution < -0.4 is 5.32 Å². The lowest BCUT2D eigenvalue weighted by atomic mass is 10.1. The van der Waals surface area contributed by atoms with Crippen LogP contribution in [0.4, 0.5) is 13.2 Å². The van der Waals surface area contributed by atoms with E-state index < -0.39 is 12.1 Å². The summed E-state index contributed by atoms with van der Waals surface area (Å²) in [5, 5.41) is 10.4. The second-order valence-corrected chi connectivity index (χ2v) is 9.69. The van der Waals surface area contributed by atoms with Gasteiger partial charge in [0.15, 0.2) is 5.69 Å². The quantitative estimate of drug-likeness (QED) is 0.442. The monoisotopic (exact) mass is 531 g/mol. The van der Waals surface area contributed by atoms with Crippen LogP contribution in [0.2, 0.25) is 0 Å². The van der Waals surface area contributed by atoms with E-state index in [9.17, 15) is 18.0 Å². The first-order valence-corrected chi connectivity index (χ1v) is 13.0. The van der Waals surface area contributed by atoms with Gasteiger partial charge in [0.05, 0.1) is 17.3 Å². The summed E-state index contributed by atoms with van der Waals surface area (Å²) in [6, 6.07) is 12.5. The summed E-state index contributed by atoms with van der Waals surface area (Å²) in [5.74, 6) is -1.82. The number of rotatable bonds is 5. The number of amides is 1. The molecule has 1 saturated carbocycles. The van der Waals surface area contributed by atoms with Crippen molar-refractivity contribution in [2.24, 2.45) is 0 Å². The lowest BCUT2D eigenvalue weighted by molar-refractivity contribution is -0.192. The van der Waals surface area contributed by atoms with Gasteiger partial charge in [0.25, 0.3) is 5.91 Å². The number of carbonyl (C=O) groups is 2. The highest BCUT2D eigenvalue weighted by Crippen LogP contribution is 2.33. The molecule has 11 heteroatoms. The number of likely N-dealkylation sites (tertiary alicyclic amines) is 1. The van der Waals surface area contributed by atoms with Gasteiger partial charge in [0.2, 0.25) is 0 Å². The van der Waals surface area contributed by atoms with Crippen molar-refractivity contribution in [2.75, 3.05) is 6.54 Å². The number of nitrogens with one attached hydrogen (secondary N) is 1. The highest BCUT2D eigenvalue weighted by Gasteiger charge is 2.38. The van der Waals surface area contributed by atoms with Crippen LogP contribution in [0, 0.1) is 0 Å². The van der Waals surface area contributed by atoms with Crippen molar-refractivity contribution in [1.29, 1.82) is 0 Å². The predicted molar refractivity (Wildman–Crippen MR) is 134 cm³/mol. The maximum absolute atomic E-state index is 13.2. The molecule has 8 nitrogen and oxygen atoms in total. The topological polar surface area (TPSA) is 99.8 Å². The van der Waals surface area contributed by atoms with Crippen molar-refractivity contribution in [1.82, 2.24) is 24.6 Å².